The van der Waals surface area contributed by atoms with Crippen LogP contribution in [-0.2, 0) is 56.6 Å². The van der Waals surface area contributed by atoms with Crippen LogP contribution < -0.4 is 11.5 Å². The molecule has 0 aromatic rings. The van der Waals surface area contributed by atoms with E-state index in [9.17, 15) is 25.3 Å². The zero-order valence-corrected chi connectivity index (χ0v) is 28.8. The van der Waals surface area contributed by atoms with Gasteiger partial charge < -0.3 is 40.6 Å². The number of rotatable bonds is 22. The molecule has 0 unspecified atom stereocenters. The lowest BCUT2D eigenvalue weighted by atomic mass is 10.7. The Hall–Kier alpha value is -1.64. The lowest BCUT2D eigenvalue weighted by molar-refractivity contribution is 0.0650. The van der Waals surface area contributed by atoms with Crippen molar-refractivity contribution in [3.63, 3.8) is 0 Å². The first-order chi connectivity index (χ1) is 20.9. The molecule has 0 aliphatic rings. The summed E-state index contributed by atoms with van der Waals surface area (Å²) in [5, 5.41) is 22.7. The first-order valence-corrected chi connectivity index (χ1v) is 18.8. The van der Waals surface area contributed by atoms with Gasteiger partial charge >= 0.3 is 0 Å². The van der Waals surface area contributed by atoms with E-state index in [1.807, 2.05) is 0 Å². The van der Waals surface area contributed by atoms with Gasteiger partial charge in [-0.3, -0.25) is 8.37 Å². The average Bonchev–Trinajstić information content (AvgIpc) is 2.92. The molecule has 0 radical (unpaired) electrons. The summed E-state index contributed by atoms with van der Waals surface area (Å²) in [6, 6.07) is 0. The van der Waals surface area contributed by atoms with Crippen LogP contribution in [0.1, 0.15) is 0 Å². The molecule has 0 aromatic heterocycles. The van der Waals surface area contributed by atoms with Crippen LogP contribution in [0.3, 0.4) is 0 Å². The van der Waals surface area contributed by atoms with Gasteiger partial charge in [0.2, 0.25) is 9.05 Å². The van der Waals surface area contributed by atoms with E-state index in [0.717, 1.165) is 18.8 Å². The molecule has 0 saturated heterocycles. The highest BCUT2D eigenvalue weighted by atomic mass is 35.7. The second-order valence-electron chi connectivity index (χ2n) is 7.12. The molecule has 0 fully saturated rings. The number of hydrogen-bond acceptors (Lipinski definition) is 18. The second kappa shape index (κ2) is 40.4. The van der Waals surface area contributed by atoms with Crippen LogP contribution >= 0.6 is 10.7 Å². The summed E-state index contributed by atoms with van der Waals surface area (Å²) >= 11 is 0. The maximum atomic E-state index is 10.5. The van der Waals surface area contributed by atoms with Crippen LogP contribution in [-0.4, -0.2) is 160 Å². The molecule has 0 aliphatic heterocycles. The van der Waals surface area contributed by atoms with Gasteiger partial charge in [-0.1, -0.05) is 10.2 Å². The highest BCUT2D eigenvalue weighted by Gasteiger charge is 2.02. The van der Waals surface area contributed by atoms with E-state index in [0.29, 0.717) is 65.8 Å². The van der Waals surface area contributed by atoms with E-state index < -0.39 is 29.3 Å². The SMILES string of the molecule is CS(=O)(=O)Cl.CS(=O)(=O)OCCOCCOS(C)(=O)=O.NCCOCCN.OCCOCCO.[N-]=[N+]=NCCOCCN=[N+]=[N-]. The van der Waals surface area contributed by atoms with Gasteiger partial charge in [-0.2, -0.15) is 16.8 Å². The summed E-state index contributed by atoms with van der Waals surface area (Å²) in [7, 11) is -5.59. The zero-order chi connectivity index (χ0) is 35.9. The van der Waals surface area contributed by atoms with E-state index in [1.54, 1.807) is 0 Å². The van der Waals surface area contributed by atoms with Gasteiger partial charge in [-0.05, 0) is 11.1 Å². The van der Waals surface area contributed by atoms with Gasteiger partial charge in [-0.15, -0.1) is 0 Å². The number of aliphatic hydroxyl groups is 2. The largest absolute Gasteiger partial charge is 0.394 e. The quantitative estimate of drug-likeness (QED) is 0.0249. The van der Waals surface area contributed by atoms with Crippen molar-refractivity contribution >= 4 is 40.0 Å². The predicted molar refractivity (Wildman–Crippen MR) is 166 cm³/mol. The Morgan fingerprint density at radius 3 is 1.16 bits per heavy atom. The van der Waals surface area contributed by atoms with Gasteiger partial charge in [0.05, 0.1) is 98.0 Å². The third kappa shape index (κ3) is 99.3. The van der Waals surface area contributed by atoms with Crippen molar-refractivity contribution in [3.05, 3.63) is 20.9 Å². The summed E-state index contributed by atoms with van der Waals surface area (Å²) in [6.07, 6.45) is 2.79. The van der Waals surface area contributed by atoms with E-state index in [2.05, 4.69) is 43.8 Å². The van der Waals surface area contributed by atoms with Crippen LogP contribution in [0.4, 0.5) is 0 Å². The standard InChI is InChI=1S/C6H14O7S2.C4H8N6O.C4H12N2O.C4H10O3.CH3ClO2S/c1-14(7,8)12-5-3-11-4-6-13-15(2,9)10;5-9-7-1-3-11-4-2-8-10-6;2*5-1-3-7-4-2-6;1-5(2,3)4/h3-6H2,1-2H3;1-4H2;1-6H2;5-6H,1-4H2;1H3. The van der Waals surface area contributed by atoms with Gasteiger partial charge in [0.15, 0.2) is 0 Å². The molecule has 45 heavy (non-hydrogen) atoms. The number of halogens is 1. The van der Waals surface area contributed by atoms with Gasteiger partial charge in [0.1, 0.15) is 0 Å². The average molecular weight is 743 g/mol. The van der Waals surface area contributed by atoms with E-state index >= 15 is 0 Å². The van der Waals surface area contributed by atoms with Gasteiger partial charge in [-0.25, -0.2) is 8.42 Å². The molecule has 22 nitrogen and oxygen atoms in total. The Labute approximate surface area is 269 Å². The molecule has 6 N–H and O–H groups in total. The first kappa shape index (κ1) is 52.9. The normalized spacial score (nSPS) is 10.5. The molecule has 0 heterocycles. The number of aliphatic hydroxyl groups excluding tert-OH is 2. The van der Waals surface area contributed by atoms with Crippen LogP contribution in [0.5, 0.6) is 0 Å². The zero-order valence-electron chi connectivity index (χ0n) is 25.5. The molecular formula is C19H47ClN8O14S3. The lowest BCUT2D eigenvalue weighted by Crippen LogP contribution is -2.13. The molecule has 272 valence electrons. The van der Waals surface area contributed by atoms with Crippen molar-refractivity contribution in [1.29, 1.82) is 0 Å². The van der Waals surface area contributed by atoms with E-state index in [-0.39, 0.29) is 39.6 Å². The van der Waals surface area contributed by atoms with Gasteiger partial charge in [0.25, 0.3) is 20.2 Å². The molecule has 0 aliphatic carbocycles. The van der Waals surface area contributed by atoms with Crippen LogP contribution in [0, 0.1) is 0 Å². The molecular weight excluding hydrogens is 696 g/mol. The third-order valence-electron chi connectivity index (χ3n) is 2.84. The third-order valence-corrected chi connectivity index (χ3v) is 4.03. The lowest BCUT2D eigenvalue weighted by Gasteiger charge is -2.03. The van der Waals surface area contributed by atoms with Crippen molar-refractivity contribution in [2.45, 2.75) is 0 Å². The van der Waals surface area contributed by atoms with E-state index in [1.165, 1.54) is 0 Å². The molecule has 0 spiro atoms. The molecule has 0 saturated carbocycles. The van der Waals surface area contributed by atoms with Crippen molar-refractivity contribution < 1.29 is 62.8 Å². The molecule has 0 atom stereocenters. The fraction of sp³-hybridized carbons (Fsp3) is 1.00. The maximum Gasteiger partial charge on any atom is 0.264 e. The first-order valence-electron chi connectivity index (χ1n) is 12.5. The van der Waals surface area contributed by atoms with Crippen molar-refractivity contribution in [2.24, 2.45) is 21.7 Å². The number of nitrogens with zero attached hydrogens (tertiary/aromatic N) is 6. The molecule has 0 amide bonds. The Bertz CT molecular complexity index is 963. The minimum Gasteiger partial charge on any atom is -0.394 e. The van der Waals surface area contributed by atoms with Crippen molar-refractivity contribution in [2.75, 3.05) is 124 Å². The number of hydrogen-bond donors (Lipinski definition) is 4. The minimum absolute atomic E-state index is 0.0278. The summed E-state index contributed by atoms with van der Waals surface area (Å²) in [6.45, 7) is 4.38. The fourth-order valence-corrected chi connectivity index (χ4v) is 2.23. The fourth-order valence-electron chi connectivity index (χ4n) is 1.49. The second-order valence-corrected chi connectivity index (χ2v) is 13.4. The Morgan fingerprint density at radius 2 is 0.889 bits per heavy atom. The monoisotopic (exact) mass is 742 g/mol. The molecule has 0 aromatic carbocycles. The summed E-state index contributed by atoms with van der Waals surface area (Å²) in [5.41, 5.74) is 25.9. The Balaban J connectivity index is -0.000000157. The van der Waals surface area contributed by atoms with E-state index in [4.69, 9.17) is 47.0 Å². The maximum absolute atomic E-state index is 10.5. The molecule has 0 bridgehead atoms. The van der Waals surface area contributed by atoms with Crippen LogP contribution in [0.25, 0.3) is 20.9 Å². The summed E-state index contributed by atoms with van der Waals surface area (Å²) in [5.74, 6) is 0. The highest BCUT2D eigenvalue weighted by molar-refractivity contribution is 8.13. The number of ether oxygens (including phenoxy) is 4. The summed E-state index contributed by atoms with van der Waals surface area (Å²) in [4.78, 5) is 5.07. The topological polar surface area (TPSA) is 348 Å². The molecule has 26 heteroatoms. The van der Waals surface area contributed by atoms with Crippen molar-refractivity contribution in [3.8, 4) is 0 Å². The number of nitrogens with two attached hydrogens (primary N) is 2. The minimum atomic E-state index is -3.45. The Kier molecular flexibility index (Phi) is 47.5. The predicted octanol–water partition coefficient (Wildman–Crippen LogP) is -1.33. The molecule has 0 rings (SSSR count). The highest BCUT2D eigenvalue weighted by Crippen LogP contribution is 1.89. The summed E-state index contributed by atoms with van der Waals surface area (Å²) < 4.78 is 88.7. The number of azide groups is 2. The van der Waals surface area contributed by atoms with Crippen molar-refractivity contribution in [1.82, 2.24) is 0 Å². The van der Waals surface area contributed by atoms with Crippen LogP contribution in [0.2, 0.25) is 0 Å². The van der Waals surface area contributed by atoms with Gasteiger partial charge in [0, 0.05) is 46.7 Å². The Morgan fingerprint density at radius 1 is 0.600 bits per heavy atom. The smallest absolute Gasteiger partial charge is 0.264 e. The van der Waals surface area contributed by atoms with Crippen LogP contribution in [0.15, 0.2) is 10.2 Å².